The Bertz CT molecular complexity index is 735. The van der Waals surface area contributed by atoms with E-state index < -0.39 is 12.0 Å². The van der Waals surface area contributed by atoms with Gasteiger partial charge in [0.05, 0.1) is 6.42 Å². The number of carboxylic acid groups (broad SMARTS) is 1. The van der Waals surface area contributed by atoms with Gasteiger partial charge in [-0.05, 0) is 37.8 Å². The van der Waals surface area contributed by atoms with Crippen molar-refractivity contribution in [3.8, 4) is 0 Å². The van der Waals surface area contributed by atoms with Gasteiger partial charge >= 0.3 is 5.97 Å². The molecule has 1 aromatic carbocycles. The Morgan fingerprint density at radius 1 is 1.26 bits per heavy atom. The fraction of sp³-hybridized carbons (Fsp3) is 0.444. The Balaban J connectivity index is 1.86. The van der Waals surface area contributed by atoms with Gasteiger partial charge in [-0.15, -0.1) is 0 Å². The van der Waals surface area contributed by atoms with Crippen molar-refractivity contribution < 1.29 is 14.7 Å². The Hall–Kier alpha value is -2.30. The molecule has 1 fully saturated rings. The van der Waals surface area contributed by atoms with Crippen LogP contribution in [0.5, 0.6) is 0 Å². The van der Waals surface area contributed by atoms with E-state index in [1.165, 1.54) is 0 Å². The smallest absolute Gasteiger partial charge is 0.326 e. The van der Waals surface area contributed by atoms with Crippen LogP contribution < -0.4 is 0 Å². The number of rotatable bonds is 4. The zero-order valence-corrected chi connectivity index (χ0v) is 13.4. The molecule has 1 aliphatic rings. The summed E-state index contributed by atoms with van der Waals surface area (Å²) in [5, 5.41) is 10.4. The van der Waals surface area contributed by atoms with Crippen LogP contribution in [0.15, 0.2) is 30.5 Å². The molecule has 3 rings (SSSR count). The number of hydrogen-bond donors (Lipinski definition) is 1. The standard InChI is InChI=1S/C18H22N2O3/c1-2-19-12-13(14-7-3-4-8-15(14)19)11-17(21)20-10-6-5-9-16(20)18(22)23/h3-4,7-8,12,16H,2,5-6,9-11H2,1H3,(H,22,23). The number of aliphatic carboxylic acids is 1. The molecule has 23 heavy (non-hydrogen) atoms. The van der Waals surface area contributed by atoms with E-state index in [-0.39, 0.29) is 12.3 Å². The molecule has 5 nitrogen and oxygen atoms in total. The Kier molecular flexibility index (Phi) is 4.37. The van der Waals surface area contributed by atoms with E-state index >= 15 is 0 Å². The summed E-state index contributed by atoms with van der Waals surface area (Å²) in [7, 11) is 0. The molecule has 1 aromatic heterocycles. The molecule has 0 spiro atoms. The lowest BCUT2D eigenvalue weighted by Crippen LogP contribution is -2.48. The molecule has 0 saturated carbocycles. The Labute approximate surface area is 135 Å². The van der Waals surface area contributed by atoms with Crippen LogP contribution in [-0.4, -0.2) is 39.0 Å². The van der Waals surface area contributed by atoms with Crippen molar-refractivity contribution in [3.05, 3.63) is 36.0 Å². The molecule has 2 heterocycles. The molecule has 1 unspecified atom stereocenters. The van der Waals surface area contributed by atoms with Gasteiger partial charge < -0.3 is 14.6 Å². The van der Waals surface area contributed by atoms with E-state index in [2.05, 4.69) is 11.5 Å². The molecule has 1 N–H and O–H groups in total. The maximum absolute atomic E-state index is 12.7. The first-order chi connectivity index (χ1) is 11.1. The number of nitrogens with zero attached hydrogens (tertiary/aromatic N) is 2. The molecule has 2 aromatic rings. The quantitative estimate of drug-likeness (QED) is 0.943. The van der Waals surface area contributed by atoms with Gasteiger partial charge in [0, 0.05) is 30.2 Å². The average molecular weight is 314 g/mol. The number of hydrogen-bond acceptors (Lipinski definition) is 2. The number of benzene rings is 1. The zero-order chi connectivity index (χ0) is 16.4. The van der Waals surface area contributed by atoms with Crippen molar-refractivity contribution in [1.29, 1.82) is 0 Å². The van der Waals surface area contributed by atoms with E-state index in [9.17, 15) is 14.7 Å². The summed E-state index contributed by atoms with van der Waals surface area (Å²) in [4.78, 5) is 25.6. The van der Waals surface area contributed by atoms with Crippen LogP contribution in [0.2, 0.25) is 0 Å². The molecule has 0 aliphatic carbocycles. The van der Waals surface area contributed by atoms with Gasteiger partial charge in [0.25, 0.3) is 0 Å². The minimum Gasteiger partial charge on any atom is -0.480 e. The Morgan fingerprint density at radius 3 is 2.78 bits per heavy atom. The van der Waals surface area contributed by atoms with Crippen molar-refractivity contribution in [3.63, 3.8) is 0 Å². The van der Waals surface area contributed by atoms with Gasteiger partial charge in [-0.1, -0.05) is 18.2 Å². The number of carbonyl (C=O) groups is 2. The molecule has 1 saturated heterocycles. The summed E-state index contributed by atoms with van der Waals surface area (Å²) >= 11 is 0. The number of carboxylic acids is 1. The third-order valence-corrected chi connectivity index (χ3v) is 4.66. The van der Waals surface area contributed by atoms with E-state index in [0.717, 1.165) is 35.9 Å². The highest BCUT2D eigenvalue weighted by molar-refractivity contribution is 5.91. The third-order valence-electron chi connectivity index (χ3n) is 4.66. The van der Waals surface area contributed by atoms with Crippen LogP contribution in [-0.2, 0) is 22.6 Å². The Morgan fingerprint density at radius 2 is 2.04 bits per heavy atom. The maximum atomic E-state index is 12.7. The van der Waals surface area contributed by atoms with Gasteiger partial charge in [0.1, 0.15) is 6.04 Å². The molecule has 1 amide bonds. The number of likely N-dealkylation sites (tertiary alicyclic amines) is 1. The number of fused-ring (bicyclic) bond motifs is 1. The van der Waals surface area contributed by atoms with Crippen molar-refractivity contribution >= 4 is 22.8 Å². The second-order valence-electron chi connectivity index (χ2n) is 6.07. The first-order valence-corrected chi connectivity index (χ1v) is 8.21. The summed E-state index contributed by atoms with van der Waals surface area (Å²) in [5.41, 5.74) is 2.09. The van der Waals surface area contributed by atoms with Gasteiger partial charge in [0.2, 0.25) is 5.91 Å². The van der Waals surface area contributed by atoms with Crippen molar-refractivity contribution in [1.82, 2.24) is 9.47 Å². The van der Waals surface area contributed by atoms with Gasteiger partial charge in [-0.2, -0.15) is 0 Å². The summed E-state index contributed by atoms with van der Waals surface area (Å²) < 4.78 is 2.13. The van der Waals surface area contributed by atoms with Crippen molar-refractivity contribution in [2.75, 3.05) is 6.54 Å². The highest BCUT2D eigenvalue weighted by atomic mass is 16.4. The maximum Gasteiger partial charge on any atom is 0.326 e. The summed E-state index contributed by atoms with van der Waals surface area (Å²) in [6.45, 7) is 3.46. The van der Waals surface area contributed by atoms with Crippen LogP contribution in [0.25, 0.3) is 10.9 Å². The normalized spacial score (nSPS) is 18.3. The van der Waals surface area contributed by atoms with E-state index in [1.54, 1.807) is 4.90 Å². The second-order valence-corrected chi connectivity index (χ2v) is 6.07. The van der Waals surface area contributed by atoms with E-state index in [1.807, 2.05) is 30.5 Å². The van der Waals surface area contributed by atoms with Crippen LogP contribution in [0.3, 0.4) is 0 Å². The number of amides is 1. The van der Waals surface area contributed by atoms with Crippen LogP contribution in [0, 0.1) is 0 Å². The summed E-state index contributed by atoms with van der Waals surface area (Å²) in [5.74, 6) is -0.981. The number of para-hydroxylation sites is 1. The first kappa shape index (κ1) is 15.6. The van der Waals surface area contributed by atoms with Gasteiger partial charge in [0.15, 0.2) is 0 Å². The van der Waals surface area contributed by atoms with Crippen molar-refractivity contribution in [2.24, 2.45) is 0 Å². The van der Waals surface area contributed by atoms with Crippen LogP contribution in [0.4, 0.5) is 0 Å². The number of piperidine rings is 1. The highest BCUT2D eigenvalue weighted by Crippen LogP contribution is 2.24. The molecule has 1 aliphatic heterocycles. The summed E-state index contributed by atoms with van der Waals surface area (Å²) in [6, 6.07) is 7.36. The van der Waals surface area contributed by atoms with E-state index in [4.69, 9.17) is 0 Å². The highest BCUT2D eigenvalue weighted by Gasteiger charge is 2.32. The first-order valence-electron chi connectivity index (χ1n) is 8.21. The van der Waals surface area contributed by atoms with Crippen LogP contribution >= 0.6 is 0 Å². The number of aromatic nitrogens is 1. The molecule has 122 valence electrons. The fourth-order valence-corrected chi connectivity index (χ4v) is 3.48. The molecular formula is C18H22N2O3. The minimum atomic E-state index is -0.894. The minimum absolute atomic E-state index is 0.0869. The summed E-state index contributed by atoms with van der Waals surface area (Å²) in [6.07, 6.45) is 4.58. The lowest BCUT2D eigenvalue weighted by Gasteiger charge is -2.33. The van der Waals surface area contributed by atoms with Crippen molar-refractivity contribution in [2.45, 2.75) is 45.2 Å². The third kappa shape index (κ3) is 2.96. The number of carbonyl (C=O) groups excluding carboxylic acids is 1. The fourth-order valence-electron chi connectivity index (χ4n) is 3.48. The molecule has 0 bridgehead atoms. The molecule has 5 heteroatoms. The van der Waals surface area contributed by atoms with Gasteiger partial charge in [-0.25, -0.2) is 4.79 Å². The van der Waals surface area contributed by atoms with E-state index in [0.29, 0.717) is 13.0 Å². The molecule has 1 atom stereocenters. The lowest BCUT2D eigenvalue weighted by atomic mass is 10.0. The molecule has 0 radical (unpaired) electrons. The monoisotopic (exact) mass is 314 g/mol. The second kappa shape index (κ2) is 6.44. The topological polar surface area (TPSA) is 62.5 Å². The largest absolute Gasteiger partial charge is 0.480 e. The lowest BCUT2D eigenvalue weighted by molar-refractivity contribution is -0.151. The number of aryl methyl sites for hydroxylation is 1. The van der Waals surface area contributed by atoms with Gasteiger partial charge in [-0.3, -0.25) is 4.79 Å². The SMILES string of the molecule is CCn1cc(CC(=O)N2CCCCC2C(=O)O)c2ccccc21. The van der Waals surface area contributed by atoms with Crippen LogP contribution in [0.1, 0.15) is 31.7 Å². The average Bonchev–Trinajstić information content (AvgIpc) is 2.93. The zero-order valence-electron chi connectivity index (χ0n) is 13.4. The molecular weight excluding hydrogens is 292 g/mol. The predicted molar refractivity (Wildman–Crippen MR) is 88.3 cm³/mol. The predicted octanol–water partition coefficient (Wildman–Crippen LogP) is 2.67.